The Morgan fingerprint density at radius 1 is 1.26 bits per heavy atom. The Morgan fingerprint density at radius 3 is 2.87 bits per heavy atom. The summed E-state index contributed by atoms with van der Waals surface area (Å²) in [6.07, 6.45) is 2.47. The van der Waals surface area contributed by atoms with Gasteiger partial charge in [0.15, 0.2) is 5.78 Å². The van der Waals surface area contributed by atoms with E-state index in [9.17, 15) is 14.7 Å². The number of phenolic OH excluding ortho intramolecular Hbond substituents is 1. The van der Waals surface area contributed by atoms with E-state index < -0.39 is 0 Å². The van der Waals surface area contributed by atoms with E-state index >= 15 is 0 Å². The first-order chi connectivity index (χ1) is 11.1. The number of benzene rings is 1. The van der Waals surface area contributed by atoms with E-state index in [0.29, 0.717) is 13.0 Å². The Bertz CT molecular complexity index is 696. The third kappa shape index (κ3) is 3.79. The van der Waals surface area contributed by atoms with Crippen molar-refractivity contribution in [3.8, 4) is 5.75 Å². The average Bonchev–Trinajstić information content (AvgIpc) is 3.18. The summed E-state index contributed by atoms with van der Waals surface area (Å²) in [7, 11) is 0. The van der Waals surface area contributed by atoms with Crippen LogP contribution in [0.5, 0.6) is 5.75 Å². The first-order valence-electron chi connectivity index (χ1n) is 7.77. The number of likely N-dealkylation sites (tertiary alicyclic amines) is 1. The van der Waals surface area contributed by atoms with E-state index in [0.717, 1.165) is 23.3 Å². The maximum Gasteiger partial charge on any atom is 0.227 e. The first-order valence-corrected chi connectivity index (χ1v) is 8.65. The number of nitrogens with zero attached hydrogens (tertiary/aromatic N) is 1. The van der Waals surface area contributed by atoms with Crippen LogP contribution in [0.3, 0.4) is 0 Å². The maximum absolute atomic E-state index is 12.5. The smallest absolute Gasteiger partial charge is 0.227 e. The van der Waals surface area contributed by atoms with E-state index in [1.807, 2.05) is 28.5 Å². The molecule has 1 aromatic heterocycles. The van der Waals surface area contributed by atoms with Crippen LogP contribution in [-0.2, 0) is 11.2 Å². The van der Waals surface area contributed by atoms with Crippen LogP contribution in [0.1, 0.15) is 34.5 Å². The first kappa shape index (κ1) is 15.7. The van der Waals surface area contributed by atoms with E-state index in [-0.39, 0.29) is 29.9 Å². The van der Waals surface area contributed by atoms with Crippen molar-refractivity contribution in [1.82, 2.24) is 4.90 Å². The summed E-state index contributed by atoms with van der Waals surface area (Å²) in [5.41, 5.74) is 0.797. The van der Waals surface area contributed by atoms with Crippen LogP contribution >= 0.6 is 11.3 Å². The van der Waals surface area contributed by atoms with Gasteiger partial charge < -0.3 is 10.0 Å². The van der Waals surface area contributed by atoms with Gasteiger partial charge in [-0.1, -0.05) is 18.2 Å². The summed E-state index contributed by atoms with van der Waals surface area (Å²) in [5.74, 6) is 0.306. The van der Waals surface area contributed by atoms with E-state index in [2.05, 4.69) is 0 Å². The van der Waals surface area contributed by atoms with Gasteiger partial charge in [-0.15, -0.1) is 11.3 Å². The molecule has 23 heavy (non-hydrogen) atoms. The second-order valence-corrected chi connectivity index (χ2v) is 6.78. The van der Waals surface area contributed by atoms with Crippen LogP contribution in [0, 0.1) is 0 Å². The normalized spacial score (nSPS) is 17.4. The number of ketones is 1. The molecule has 0 spiro atoms. The van der Waals surface area contributed by atoms with Crippen LogP contribution in [0.2, 0.25) is 0 Å². The molecular formula is C18H19NO3S. The number of Topliss-reactive ketones (excluding diaryl/α,β-unsaturated/α-hetero) is 1. The predicted molar refractivity (Wildman–Crippen MR) is 89.8 cm³/mol. The number of phenols is 1. The van der Waals surface area contributed by atoms with Gasteiger partial charge >= 0.3 is 0 Å². The minimum atomic E-state index is -0.00518. The highest BCUT2D eigenvalue weighted by molar-refractivity contribution is 7.12. The fourth-order valence-corrected chi connectivity index (χ4v) is 3.75. The molecule has 0 bridgehead atoms. The molecule has 120 valence electrons. The van der Waals surface area contributed by atoms with E-state index in [4.69, 9.17) is 0 Å². The van der Waals surface area contributed by atoms with Gasteiger partial charge in [-0.25, -0.2) is 0 Å². The summed E-state index contributed by atoms with van der Waals surface area (Å²) >= 11 is 1.45. The molecule has 0 saturated carbocycles. The molecule has 1 aromatic carbocycles. The zero-order valence-corrected chi connectivity index (χ0v) is 13.6. The van der Waals surface area contributed by atoms with E-state index in [1.54, 1.807) is 18.2 Å². The van der Waals surface area contributed by atoms with Crippen molar-refractivity contribution in [3.05, 3.63) is 52.2 Å². The van der Waals surface area contributed by atoms with Gasteiger partial charge in [-0.05, 0) is 42.0 Å². The fourth-order valence-electron chi connectivity index (χ4n) is 3.07. The van der Waals surface area contributed by atoms with Crippen molar-refractivity contribution < 1.29 is 14.7 Å². The van der Waals surface area contributed by atoms with Crippen molar-refractivity contribution in [3.63, 3.8) is 0 Å². The second-order valence-electron chi connectivity index (χ2n) is 5.83. The topological polar surface area (TPSA) is 57.6 Å². The third-order valence-corrected chi connectivity index (χ3v) is 5.09. The molecule has 1 aliphatic rings. The Hall–Kier alpha value is -2.14. The summed E-state index contributed by atoms with van der Waals surface area (Å²) in [6.45, 7) is 0.708. The zero-order valence-electron chi connectivity index (χ0n) is 12.8. The molecular weight excluding hydrogens is 310 g/mol. The van der Waals surface area contributed by atoms with Crippen LogP contribution in [0.4, 0.5) is 0 Å². The van der Waals surface area contributed by atoms with Gasteiger partial charge in [0.05, 0.1) is 11.3 Å². The highest BCUT2D eigenvalue weighted by Gasteiger charge is 2.30. The third-order valence-electron chi connectivity index (χ3n) is 4.18. The molecule has 2 aromatic rings. The molecule has 5 heteroatoms. The van der Waals surface area contributed by atoms with Crippen LogP contribution < -0.4 is 0 Å². The van der Waals surface area contributed by atoms with Crippen molar-refractivity contribution >= 4 is 23.0 Å². The number of rotatable bonds is 5. The van der Waals surface area contributed by atoms with Gasteiger partial charge in [0.1, 0.15) is 5.75 Å². The number of aromatic hydroxyl groups is 1. The Balaban J connectivity index is 1.64. The van der Waals surface area contributed by atoms with Gasteiger partial charge in [0, 0.05) is 19.0 Å². The molecule has 0 radical (unpaired) electrons. The molecule has 1 aliphatic heterocycles. The van der Waals surface area contributed by atoms with Crippen molar-refractivity contribution in [1.29, 1.82) is 0 Å². The lowest BCUT2D eigenvalue weighted by molar-refractivity contribution is -0.131. The number of hydrogen-bond donors (Lipinski definition) is 1. The van der Waals surface area contributed by atoms with Gasteiger partial charge in [0.2, 0.25) is 5.91 Å². The van der Waals surface area contributed by atoms with E-state index in [1.165, 1.54) is 11.3 Å². The van der Waals surface area contributed by atoms with Crippen LogP contribution in [0.15, 0.2) is 41.8 Å². The molecule has 1 N–H and O–H groups in total. The molecule has 1 fully saturated rings. The predicted octanol–water partition coefficient (Wildman–Crippen LogP) is 3.26. The monoisotopic (exact) mass is 329 g/mol. The molecule has 1 atom stereocenters. The van der Waals surface area contributed by atoms with Crippen LogP contribution in [-0.4, -0.2) is 34.3 Å². The fraction of sp³-hybridized carbons (Fsp3) is 0.333. The molecule has 4 nitrogen and oxygen atoms in total. The minimum Gasteiger partial charge on any atom is -0.508 e. The lowest BCUT2D eigenvalue weighted by Crippen LogP contribution is -2.37. The molecule has 0 unspecified atom stereocenters. The standard InChI is InChI=1S/C18H19NO3S/c20-15-6-1-4-13(10-15)11-18(22)19-8-2-5-14(19)12-16(21)17-7-3-9-23-17/h1,3-4,6-7,9-10,14,20H,2,5,8,11-12H2/t14-/m0/s1. The maximum atomic E-state index is 12.5. The Kier molecular flexibility index (Phi) is 4.76. The molecule has 0 aliphatic carbocycles. The summed E-state index contributed by atoms with van der Waals surface area (Å²) in [4.78, 5) is 27.4. The van der Waals surface area contributed by atoms with Crippen molar-refractivity contribution in [2.45, 2.75) is 31.7 Å². The van der Waals surface area contributed by atoms with Gasteiger partial charge in [0.25, 0.3) is 0 Å². The SMILES string of the molecule is O=C(C[C@@H]1CCCN1C(=O)Cc1cccc(O)c1)c1cccs1. The molecule has 3 rings (SSSR count). The zero-order chi connectivity index (χ0) is 16.2. The largest absolute Gasteiger partial charge is 0.508 e. The summed E-state index contributed by atoms with van der Waals surface area (Å²) < 4.78 is 0. The second kappa shape index (κ2) is 6.96. The minimum absolute atomic E-state index is 0.00518. The number of amides is 1. The molecule has 2 heterocycles. The number of carbonyl (C=O) groups is 2. The lowest BCUT2D eigenvalue weighted by Gasteiger charge is -2.24. The highest BCUT2D eigenvalue weighted by Crippen LogP contribution is 2.24. The number of carbonyl (C=O) groups excluding carboxylic acids is 2. The number of hydrogen-bond acceptors (Lipinski definition) is 4. The molecule has 1 amide bonds. The van der Waals surface area contributed by atoms with Gasteiger partial charge in [-0.2, -0.15) is 0 Å². The summed E-state index contributed by atoms with van der Waals surface area (Å²) in [5, 5.41) is 11.4. The number of thiophene rings is 1. The Labute approximate surface area is 139 Å². The van der Waals surface area contributed by atoms with Gasteiger partial charge in [-0.3, -0.25) is 9.59 Å². The molecule has 1 saturated heterocycles. The van der Waals surface area contributed by atoms with Crippen LogP contribution in [0.25, 0.3) is 0 Å². The Morgan fingerprint density at radius 2 is 2.13 bits per heavy atom. The lowest BCUT2D eigenvalue weighted by atomic mass is 10.1. The van der Waals surface area contributed by atoms with Crippen molar-refractivity contribution in [2.24, 2.45) is 0 Å². The van der Waals surface area contributed by atoms with Crippen molar-refractivity contribution in [2.75, 3.05) is 6.54 Å². The average molecular weight is 329 g/mol. The quantitative estimate of drug-likeness (QED) is 0.857. The summed E-state index contributed by atoms with van der Waals surface area (Å²) in [6, 6.07) is 10.5. The highest BCUT2D eigenvalue weighted by atomic mass is 32.1.